The molecule has 1 aromatic rings. The van der Waals surface area contributed by atoms with Gasteiger partial charge < -0.3 is 14.5 Å². The van der Waals surface area contributed by atoms with E-state index in [0.29, 0.717) is 0 Å². The van der Waals surface area contributed by atoms with Crippen molar-refractivity contribution in [3.05, 3.63) is 23.4 Å². The van der Waals surface area contributed by atoms with Crippen molar-refractivity contribution in [2.24, 2.45) is 0 Å². The van der Waals surface area contributed by atoms with E-state index in [2.05, 4.69) is 22.9 Å². The maximum atomic E-state index is 11.1. The summed E-state index contributed by atoms with van der Waals surface area (Å²) < 4.78 is 5.37. The SMILES string of the molecule is Cc1cc(N2CCOCC2)ncc1C1CCCN1C=O. The monoisotopic (exact) mass is 275 g/mol. The fourth-order valence-corrected chi connectivity index (χ4v) is 3.12. The lowest BCUT2D eigenvalue weighted by molar-refractivity contribution is -0.118. The van der Waals surface area contributed by atoms with Crippen LogP contribution in [0.5, 0.6) is 0 Å². The Morgan fingerprint density at radius 1 is 1.35 bits per heavy atom. The minimum atomic E-state index is 0.207. The van der Waals surface area contributed by atoms with Crippen LogP contribution in [0.1, 0.15) is 30.0 Å². The minimum Gasteiger partial charge on any atom is -0.378 e. The van der Waals surface area contributed by atoms with Gasteiger partial charge >= 0.3 is 0 Å². The van der Waals surface area contributed by atoms with Crippen molar-refractivity contribution in [2.45, 2.75) is 25.8 Å². The second-order valence-corrected chi connectivity index (χ2v) is 5.50. The van der Waals surface area contributed by atoms with Gasteiger partial charge in [-0.05, 0) is 37.0 Å². The number of carbonyl (C=O) groups excluding carboxylic acids is 1. The summed E-state index contributed by atoms with van der Waals surface area (Å²) in [5.41, 5.74) is 2.41. The summed E-state index contributed by atoms with van der Waals surface area (Å²) in [4.78, 5) is 19.8. The summed E-state index contributed by atoms with van der Waals surface area (Å²) in [6.45, 7) is 6.31. The van der Waals surface area contributed by atoms with Crippen LogP contribution < -0.4 is 4.90 Å². The Bertz CT molecular complexity index is 486. The predicted molar refractivity (Wildman–Crippen MR) is 76.8 cm³/mol. The molecule has 0 aliphatic carbocycles. The van der Waals surface area contributed by atoms with Gasteiger partial charge in [0.2, 0.25) is 6.41 Å². The molecule has 0 spiro atoms. The van der Waals surface area contributed by atoms with Gasteiger partial charge in [-0.2, -0.15) is 0 Å². The molecule has 2 aliphatic heterocycles. The number of aryl methyl sites for hydroxylation is 1. The second-order valence-electron chi connectivity index (χ2n) is 5.50. The van der Waals surface area contributed by atoms with Crippen LogP contribution in [-0.4, -0.2) is 49.1 Å². The van der Waals surface area contributed by atoms with Gasteiger partial charge in [-0.1, -0.05) is 0 Å². The van der Waals surface area contributed by atoms with Crippen molar-refractivity contribution >= 4 is 12.2 Å². The first kappa shape index (κ1) is 13.4. The molecule has 1 atom stereocenters. The number of hydrogen-bond acceptors (Lipinski definition) is 4. The summed E-state index contributed by atoms with van der Waals surface area (Å²) in [5, 5.41) is 0. The van der Waals surface area contributed by atoms with Gasteiger partial charge in [0.15, 0.2) is 0 Å². The molecule has 1 aromatic heterocycles. The number of ether oxygens (including phenoxy) is 1. The molecule has 1 unspecified atom stereocenters. The number of aromatic nitrogens is 1. The summed E-state index contributed by atoms with van der Waals surface area (Å²) >= 11 is 0. The highest BCUT2D eigenvalue weighted by atomic mass is 16.5. The molecule has 0 radical (unpaired) electrons. The van der Waals surface area contributed by atoms with Crippen molar-refractivity contribution in [1.82, 2.24) is 9.88 Å². The van der Waals surface area contributed by atoms with Crippen molar-refractivity contribution in [1.29, 1.82) is 0 Å². The van der Waals surface area contributed by atoms with Crippen molar-refractivity contribution < 1.29 is 9.53 Å². The third kappa shape index (κ3) is 2.50. The van der Waals surface area contributed by atoms with E-state index in [9.17, 15) is 4.79 Å². The predicted octanol–water partition coefficient (Wildman–Crippen LogP) is 1.52. The van der Waals surface area contributed by atoms with Crippen LogP contribution >= 0.6 is 0 Å². The number of morpholine rings is 1. The number of hydrogen-bond donors (Lipinski definition) is 0. The number of amides is 1. The molecular weight excluding hydrogens is 254 g/mol. The van der Waals surface area contributed by atoms with Gasteiger partial charge in [0.1, 0.15) is 5.82 Å². The van der Waals surface area contributed by atoms with E-state index in [1.54, 1.807) is 0 Å². The van der Waals surface area contributed by atoms with E-state index in [-0.39, 0.29) is 6.04 Å². The molecule has 2 fully saturated rings. The normalized spacial score (nSPS) is 23.1. The molecule has 1 amide bonds. The fourth-order valence-electron chi connectivity index (χ4n) is 3.12. The van der Waals surface area contributed by atoms with Crippen LogP contribution in [0, 0.1) is 6.92 Å². The number of pyridine rings is 1. The third-order valence-corrected chi connectivity index (χ3v) is 4.26. The topological polar surface area (TPSA) is 45.7 Å². The average molecular weight is 275 g/mol. The highest BCUT2D eigenvalue weighted by Crippen LogP contribution is 2.33. The Labute approximate surface area is 119 Å². The number of rotatable bonds is 3. The highest BCUT2D eigenvalue weighted by molar-refractivity contribution is 5.51. The van der Waals surface area contributed by atoms with Crippen LogP contribution in [0.25, 0.3) is 0 Å². The molecule has 5 heteroatoms. The summed E-state index contributed by atoms with van der Waals surface area (Å²) in [6.07, 6.45) is 5.03. The number of nitrogens with zero attached hydrogens (tertiary/aromatic N) is 3. The molecule has 3 rings (SSSR count). The van der Waals surface area contributed by atoms with Crippen molar-refractivity contribution in [3.8, 4) is 0 Å². The molecular formula is C15H21N3O2. The van der Waals surface area contributed by atoms with Gasteiger partial charge in [-0.15, -0.1) is 0 Å². The summed E-state index contributed by atoms with van der Waals surface area (Å²) in [7, 11) is 0. The average Bonchev–Trinajstić information content (AvgIpc) is 2.96. The molecule has 0 saturated carbocycles. The van der Waals surface area contributed by atoms with E-state index in [0.717, 1.165) is 57.9 Å². The minimum absolute atomic E-state index is 0.207. The van der Waals surface area contributed by atoms with Crippen LogP contribution in [0.3, 0.4) is 0 Å². The lowest BCUT2D eigenvalue weighted by Gasteiger charge is -2.29. The summed E-state index contributed by atoms with van der Waals surface area (Å²) in [5.74, 6) is 1.02. The molecule has 0 bridgehead atoms. The molecule has 5 nitrogen and oxygen atoms in total. The quantitative estimate of drug-likeness (QED) is 0.785. The molecule has 20 heavy (non-hydrogen) atoms. The molecule has 0 aromatic carbocycles. The zero-order chi connectivity index (χ0) is 13.9. The van der Waals surface area contributed by atoms with Gasteiger partial charge in [0.25, 0.3) is 0 Å². The van der Waals surface area contributed by atoms with Gasteiger partial charge in [0.05, 0.1) is 19.3 Å². The Kier molecular flexibility index (Phi) is 3.87. The standard InChI is InChI=1S/C15H21N3O2/c1-12-9-15(17-5-7-20-8-6-17)16-10-13(12)14-3-2-4-18(14)11-19/h9-11,14H,2-8H2,1H3. The maximum Gasteiger partial charge on any atom is 0.210 e. The van der Waals surface area contributed by atoms with Crippen LogP contribution in [0.15, 0.2) is 12.3 Å². The Morgan fingerprint density at radius 2 is 2.15 bits per heavy atom. The van der Waals surface area contributed by atoms with Crippen molar-refractivity contribution in [3.63, 3.8) is 0 Å². The zero-order valence-corrected chi connectivity index (χ0v) is 11.9. The van der Waals surface area contributed by atoms with Gasteiger partial charge in [-0.25, -0.2) is 4.98 Å². The van der Waals surface area contributed by atoms with E-state index in [1.165, 1.54) is 11.1 Å². The van der Waals surface area contributed by atoms with E-state index >= 15 is 0 Å². The largest absolute Gasteiger partial charge is 0.378 e. The first-order valence-electron chi connectivity index (χ1n) is 7.30. The first-order chi connectivity index (χ1) is 9.79. The molecule has 0 N–H and O–H groups in total. The molecule has 3 heterocycles. The fraction of sp³-hybridized carbons (Fsp3) is 0.600. The first-order valence-corrected chi connectivity index (χ1v) is 7.30. The summed E-state index contributed by atoms with van der Waals surface area (Å²) in [6, 6.07) is 2.35. The van der Waals surface area contributed by atoms with Gasteiger partial charge in [-0.3, -0.25) is 4.79 Å². The smallest absolute Gasteiger partial charge is 0.210 e. The van der Waals surface area contributed by atoms with E-state index in [1.807, 2.05) is 11.1 Å². The Hall–Kier alpha value is -1.62. The number of likely N-dealkylation sites (tertiary alicyclic amines) is 1. The Morgan fingerprint density at radius 3 is 2.85 bits per heavy atom. The van der Waals surface area contributed by atoms with Gasteiger partial charge in [0, 0.05) is 25.8 Å². The number of carbonyl (C=O) groups is 1. The van der Waals surface area contributed by atoms with Crippen LogP contribution in [0.2, 0.25) is 0 Å². The Balaban J connectivity index is 1.81. The highest BCUT2D eigenvalue weighted by Gasteiger charge is 2.26. The lowest BCUT2D eigenvalue weighted by atomic mass is 10.0. The van der Waals surface area contributed by atoms with Crippen molar-refractivity contribution in [2.75, 3.05) is 37.7 Å². The molecule has 2 aliphatic rings. The second kappa shape index (κ2) is 5.79. The number of anilines is 1. The van der Waals surface area contributed by atoms with E-state index in [4.69, 9.17) is 4.74 Å². The van der Waals surface area contributed by atoms with E-state index < -0.39 is 0 Å². The zero-order valence-electron chi connectivity index (χ0n) is 11.9. The molecule has 108 valence electrons. The maximum absolute atomic E-state index is 11.1. The van der Waals surface area contributed by atoms with Crippen LogP contribution in [-0.2, 0) is 9.53 Å². The molecule has 2 saturated heterocycles. The van der Waals surface area contributed by atoms with Crippen LogP contribution in [0.4, 0.5) is 5.82 Å². The lowest BCUT2D eigenvalue weighted by Crippen LogP contribution is -2.36. The third-order valence-electron chi connectivity index (χ3n) is 4.26.